The van der Waals surface area contributed by atoms with Crippen LogP contribution in [0.4, 0.5) is 0 Å². The second kappa shape index (κ2) is 9.59. The fraction of sp³-hybridized carbons (Fsp3) is 0.917. The van der Waals surface area contributed by atoms with Gasteiger partial charge in [0.1, 0.15) is 6.04 Å². The lowest BCUT2D eigenvalue weighted by molar-refractivity contribution is 0.230. The molecule has 0 amide bonds. The van der Waals surface area contributed by atoms with E-state index in [0.717, 1.165) is 39.1 Å². The molecule has 94 valence electrons. The summed E-state index contributed by atoms with van der Waals surface area (Å²) in [5.41, 5.74) is 0. The number of hydrogen-bond acceptors (Lipinski definition) is 4. The van der Waals surface area contributed by atoms with Crippen molar-refractivity contribution in [2.24, 2.45) is 0 Å². The first kappa shape index (κ1) is 15.4. The highest BCUT2D eigenvalue weighted by Gasteiger charge is 2.11. The first-order chi connectivity index (χ1) is 7.63. The maximum atomic E-state index is 9.00. The Labute approximate surface area is 100 Å². The van der Waals surface area contributed by atoms with Crippen molar-refractivity contribution in [2.75, 3.05) is 46.8 Å². The molecule has 0 saturated heterocycles. The largest absolute Gasteiger partial charge is 0.308 e. The highest BCUT2D eigenvalue weighted by atomic mass is 15.2. The van der Waals surface area contributed by atoms with Gasteiger partial charge >= 0.3 is 0 Å². The first-order valence-electron chi connectivity index (χ1n) is 6.14. The summed E-state index contributed by atoms with van der Waals surface area (Å²) in [5, 5.41) is 12.2. The van der Waals surface area contributed by atoms with Gasteiger partial charge in [0.2, 0.25) is 0 Å². The van der Waals surface area contributed by atoms with Gasteiger partial charge in [0.15, 0.2) is 0 Å². The molecule has 0 spiro atoms. The van der Waals surface area contributed by atoms with Gasteiger partial charge in [-0.05, 0) is 33.6 Å². The van der Waals surface area contributed by atoms with E-state index in [2.05, 4.69) is 42.2 Å². The van der Waals surface area contributed by atoms with Gasteiger partial charge in [0.25, 0.3) is 0 Å². The third kappa shape index (κ3) is 7.63. The predicted molar refractivity (Wildman–Crippen MR) is 68.4 cm³/mol. The summed E-state index contributed by atoms with van der Waals surface area (Å²) in [4.78, 5) is 4.54. The number of rotatable bonds is 9. The molecule has 0 fully saturated rings. The highest BCUT2D eigenvalue weighted by Crippen LogP contribution is 1.95. The standard InChI is InChI=1S/C12H26N4/c1-5-7-16(9-8-15(3)4)11-12(10-13)14-6-2/h12,14H,5-9,11H2,1-4H3. The Morgan fingerprint density at radius 2 is 1.88 bits per heavy atom. The topological polar surface area (TPSA) is 42.3 Å². The van der Waals surface area contributed by atoms with E-state index in [1.807, 2.05) is 6.92 Å². The minimum absolute atomic E-state index is 0.0429. The van der Waals surface area contributed by atoms with Crippen molar-refractivity contribution >= 4 is 0 Å². The molecule has 0 heterocycles. The zero-order chi connectivity index (χ0) is 12.4. The van der Waals surface area contributed by atoms with Crippen molar-refractivity contribution < 1.29 is 0 Å². The maximum absolute atomic E-state index is 9.00. The van der Waals surface area contributed by atoms with Crippen LogP contribution in [0.5, 0.6) is 0 Å². The van der Waals surface area contributed by atoms with Crippen LogP contribution < -0.4 is 5.32 Å². The van der Waals surface area contributed by atoms with E-state index in [0.29, 0.717) is 0 Å². The highest BCUT2D eigenvalue weighted by molar-refractivity contribution is 4.91. The minimum Gasteiger partial charge on any atom is -0.308 e. The van der Waals surface area contributed by atoms with Crippen molar-refractivity contribution in [2.45, 2.75) is 26.3 Å². The molecule has 0 aliphatic heterocycles. The van der Waals surface area contributed by atoms with Gasteiger partial charge in [-0.1, -0.05) is 13.8 Å². The van der Waals surface area contributed by atoms with Crippen molar-refractivity contribution in [3.05, 3.63) is 0 Å². The second-order valence-corrected chi connectivity index (χ2v) is 4.34. The third-order valence-electron chi connectivity index (χ3n) is 2.45. The molecule has 16 heavy (non-hydrogen) atoms. The van der Waals surface area contributed by atoms with Crippen LogP contribution in [-0.2, 0) is 0 Å². The molecule has 4 nitrogen and oxygen atoms in total. The zero-order valence-electron chi connectivity index (χ0n) is 11.2. The lowest BCUT2D eigenvalue weighted by Crippen LogP contribution is -2.42. The molecule has 0 aromatic heterocycles. The summed E-state index contributed by atoms with van der Waals surface area (Å²) in [6.45, 7) is 9.04. The first-order valence-corrected chi connectivity index (χ1v) is 6.14. The molecule has 0 aromatic rings. The molecule has 0 bridgehead atoms. The molecular weight excluding hydrogens is 200 g/mol. The molecule has 0 aliphatic carbocycles. The van der Waals surface area contributed by atoms with Crippen LogP contribution in [0.25, 0.3) is 0 Å². The molecule has 0 radical (unpaired) electrons. The number of nitrogens with zero attached hydrogens (tertiary/aromatic N) is 3. The molecule has 4 heteroatoms. The van der Waals surface area contributed by atoms with Gasteiger partial charge < -0.3 is 10.2 Å². The molecule has 0 rings (SSSR count). The van der Waals surface area contributed by atoms with Crippen LogP contribution in [0, 0.1) is 11.3 Å². The van der Waals surface area contributed by atoms with E-state index in [1.54, 1.807) is 0 Å². The van der Waals surface area contributed by atoms with E-state index in [1.165, 1.54) is 0 Å². The Kier molecular flexibility index (Phi) is 9.21. The lowest BCUT2D eigenvalue weighted by Gasteiger charge is -2.25. The predicted octanol–water partition coefficient (Wildman–Crippen LogP) is 0.762. The average Bonchev–Trinajstić information content (AvgIpc) is 2.25. The third-order valence-corrected chi connectivity index (χ3v) is 2.45. The summed E-state index contributed by atoms with van der Waals surface area (Å²) in [7, 11) is 4.16. The number of likely N-dealkylation sites (N-methyl/N-ethyl adjacent to an activating group) is 2. The van der Waals surface area contributed by atoms with Crippen molar-refractivity contribution in [1.29, 1.82) is 5.26 Å². The maximum Gasteiger partial charge on any atom is 0.108 e. The normalized spacial score (nSPS) is 13.1. The van der Waals surface area contributed by atoms with Gasteiger partial charge in [-0.2, -0.15) is 5.26 Å². The summed E-state index contributed by atoms with van der Waals surface area (Å²) in [6, 6.07) is 2.27. The van der Waals surface area contributed by atoms with Crippen LogP contribution >= 0.6 is 0 Å². The van der Waals surface area contributed by atoms with Crippen LogP contribution in [0.15, 0.2) is 0 Å². The summed E-state index contributed by atoms with van der Waals surface area (Å²) >= 11 is 0. The van der Waals surface area contributed by atoms with E-state index in [-0.39, 0.29) is 6.04 Å². The van der Waals surface area contributed by atoms with E-state index in [9.17, 15) is 0 Å². The second-order valence-electron chi connectivity index (χ2n) is 4.34. The lowest BCUT2D eigenvalue weighted by atomic mass is 10.2. The Morgan fingerprint density at radius 1 is 1.19 bits per heavy atom. The summed E-state index contributed by atoms with van der Waals surface area (Å²) < 4.78 is 0. The Hall–Kier alpha value is -0.630. The Balaban J connectivity index is 4.04. The molecule has 1 atom stereocenters. The number of nitrogens with one attached hydrogen (secondary N) is 1. The van der Waals surface area contributed by atoms with E-state index in [4.69, 9.17) is 5.26 Å². The van der Waals surface area contributed by atoms with Gasteiger partial charge in [-0.15, -0.1) is 0 Å². The molecule has 0 aliphatic rings. The molecule has 1 N–H and O–H groups in total. The van der Waals surface area contributed by atoms with Crippen LogP contribution in [0.3, 0.4) is 0 Å². The number of hydrogen-bond donors (Lipinski definition) is 1. The monoisotopic (exact) mass is 226 g/mol. The molecular formula is C12H26N4. The summed E-state index contributed by atoms with van der Waals surface area (Å²) in [5.74, 6) is 0. The molecule has 1 unspecified atom stereocenters. The van der Waals surface area contributed by atoms with Crippen LogP contribution in [0.2, 0.25) is 0 Å². The fourth-order valence-corrected chi connectivity index (χ4v) is 1.61. The smallest absolute Gasteiger partial charge is 0.108 e. The summed E-state index contributed by atoms with van der Waals surface area (Å²) in [6.07, 6.45) is 1.14. The van der Waals surface area contributed by atoms with E-state index >= 15 is 0 Å². The van der Waals surface area contributed by atoms with Crippen LogP contribution in [0.1, 0.15) is 20.3 Å². The number of nitriles is 1. The van der Waals surface area contributed by atoms with Crippen molar-refractivity contribution in [3.63, 3.8) is 0 Å². The minimum atomic E-state index is -0.0429. The van der Waals surface area contributed by atoms with Crippen LogP contribution in [-0.4, -0.2) is 62.7 Å². The van der Waals surface area contributed by atoms with Crippen molar-refractivity contribution in [3.8, 4) is 6.07 Å². The van der Waals surface area contributed by atoms with Gasteiger partial charge in [0, 0.05) is 19.6 Å². The van der Waals surface area contributed by atoms with Crippen molar-refractivity contribution in [1.82, 2.24) is 15.1 Å². The average molecular weight is 226 g/mol. The van der Waals surface area contributed by atoms with Gasteiger partial charge in [-0.25, -0.2) is 0 Å². The van der Waals surface area contributed by atoms with Gasteiger partial charge in [0.05, 0.1) is 6.07 Å². The SMILES string of the molecule is CCCN(CCN(C)C)CC(C#N)NCC. The molecule has 0 saturated carbocycles. The quantitative estimate of drug-likeness (QED) is 0.630. The fourth-order valence-electron chi connectivity index (χ4n) is 1.61. The van der Waals surface area contributed by atoms with Gasteiger partial charge in [-0.3, -0.25) is 4.90 Å². The van der Waals surface area contributed by atoms with E-state index < -0.39 is 0 Å². The Bertz CT molecular complexity index is 198. The molecule has 0 aromatic carbocycles. The zero-order valence-corrected chi connectivity index (χ0v) is 11.2. The Morgan fingerprint density at radius 3 is 2.31 bits per heavy atom.